The SMILES string of the molecule is O=C(c1nn2c(c1Cl)OCCC2)N1CCN(c2ccccn2)CC1. The fourth-order valence-electron chi connectivity index (χ4n) is 3.06. The normalized spacial score (nSPS) is 17.4. The average molecular weight is 348 g/mol. The van der Waals surface area contributed by atoms with Crippen molar-refractivity contribution in [2.24, 2.45) is 0 Å². The molecule has 126 valence electrons. The second-order valence-corrected chi connectivity index (χ2v) is 6.24. The highest BCUT2D eigenvalue weighted by atomic mass is 35.5. The van der Waals surface area contributed by atoms with Crippen molar-refractivity contribution >= 4 is 23.3 Å². The molecule has 0 saturated carbocycles. The third-order valence-electron chi connectivity index (χ3n) is 4.35. The van der Waals surface area contributed by atoms with Crippen LogP contribution >= 0.6 is 11.6 Å². The highest BCUT2D eigenvalue weighted by molar-refractivity contribution is 6.34. The number of carbonyl (C=O) groups is 1. The molecule has 0 unspecified atom stereocenters. The number of aromatic nitrogens is 3. The van der Waals surface area contributed by atoms with Crippen LogP contribution in [-0.4, -0.2) is 58.4 Å². The van der Waals surface area contributed by atoms with Gasteiger partial charge in [0.1, 0.15) is 10.8 Å². The van der Waals surface area contributed by atoms with E-state index in [0.717, 1.165) is 31.9 Å². The Morgan fingerprint density at radius 3 is 2.71 bits per heavy atom. The molecule has 24 heavy (non-hydrogen) atoms. The second kappa shape index (κ2) is 6.32. The lowest BCUT2D eigenvalue weighted by molar-refractivity contribution is 0.0739. The first kappa shape index (κ1) is 15.3. The van der Waals surface area contributed by atoms with Crippen molar-refractivity contribution in [1.29, 1.82) is 0 Å². The second-order valence-electron chi connectivity index (χ2n) is 5.86. The smallest absolute Gasteiger partial charge is 0.276 e. The maximum absolute atomic E-state index is 12.8. The number of pyridine rings is 1. The van der Waals surface area contributed by atoms with Gasteiger partial charge in [-0.15, -0.1) is 0 Å². The Morgan fingerprint density at radius 2 is 2.00 bits per heavy atom. The molecule has 0 aromatic carbocycles. The quantitative estimate of drug-likeness (QED) is 0.827. The molecule has 0 spiro atoms. The van der Waals surface area contributed by atoms with E-state index in [1.165, 1.54) is 0 Å². The van der Waals surface area contributed by atoms with Crippen molar-refractivity contribution in [3.63, 3.8) is 0 Å². The largest absolute Gasteiger partial charge is 0.477 e. The Balaban J connectivity index is 1.46. The standard InChI is InChI=1S/C16H18ClN5O2/c17-13-14(19-22-6-3-11-24-16(13)22)15(23)21-9-7-20(8-10-21)12-4-1-2-5-18-12/h1-2,4-5H,3,6-11H2. The number of aryl methyl sites for hydroxylation is 1. The fourth-order valence-corrected chi connectivity index (χ4v) is 3.33. The summed E-state index contributed by atoms with van der Waals surface area (Å²) < 4.78 is 7.21. The predicted molar refractivity (Wildman–Crippen MR) is 89.7 cm³/mol. The van der Waals surface area contributed by atoms with Crippen LogP contribution in [0.1, 0.15) is 16.9 Å². The highest BCUT2D eigenvalue weighted by Gasteiger charge is 2.30. The maximum Gasteiger partial charge on any atom is 0.276 e. The Morgan fingerprint density at radius 1 is 1.17 bits per heavy atom. The minimum absolute atomic E-state index is 0.133. The van der Waals surface area contributed by atoms with E-state index in [1.54, 1.807) is 15.8 Å². The van der Waals surface area contributed by atoms with Crippen LogP contribution in [0, 0.1) is 0 Å². The van der Waals surface area contributed by atoms with Crippen molar-refractivity contribution in [2.45, 2.75) is 13.0 Å². The van der Waals surface area contributed by atoms with Gasteiger partial charge >= 0.3 is 0 Å². The molecule has 8 heteroatoms. The summed E-state index contributed by atoms with van der Waals surface area (Å²) in [5.41, 5.74) is 0.292. The van der Waals surface area contributed by atoms with Gasteiger partial charge in [-0.2, -0.15) is 5.10 Å². The van der Waals surface area contributed by atoms with Crippen LogP contribution in [0.5, 0.6) is 5.88 Å². The molecule has 0 bridgehead atoms. The number of hydrogen-bond donors (Lipinski definition) is 0. The Hall–Kier alpha value is -2.28. The van der Waals surface area contributed by atoms with Gasteiger partial charge in [-0.25, -0.2) is 9.67 Å². The van der Waals surface area contributed by atoms with Gasteiger partial charge in [-0.1, -0.05) is 17.7 Å². The number of fused-ring (bicyclic) bond motifs is 1. The maximum atomic E-state index is 12.8. The number of anilines is 1. The molecule has 2 aromatic rings. The van der Waals surface area contributed by atoms with E-state index in [4.69, 9.17) is 16.3 Å². The van der Waals surface area contributed by atoms with E-state index in [0.29, 0.717) is 36.3 Å². The van der Waals surface area contributed by atoms with Crippen molar-refractivity contribution in [3.05, 3.63) is 35.1 Å². The first-order chi connectivity index (χ1) is 11.7. The van der Waals surface area contributed by atoms with Gasteiger partial charge in [0.15, 0.2) is 5.69 Å². The molecule has 1 saturated heterocycles. The van der Waals surface area contributed by atoms with Gasteiger partial charge < -0.3 is 14.5 Å². The van der Waals surface area contributed by atoms with Crippen molar-refractivity contribution in [2.75, 3.05) is 37.7 Å². The lowest BCUT2D eigenvalue weighted by atomic mass is 10.2. The topological polar surface area (TPSA) is 63.5 Å². The van der Waals surface area contributed by atoms with E-state index in [-0.39, 0.29) is 5.91 Å². The summed E-state index contributed by atoms with van der Waals surface area (Å²) in [6.07, 6.45) is 2.66. The van der Waals surface area contributed by atoms with Gasteiger partial charge in [0.05, 0.1) is 6.61 Å². The van der Waals surface area contributed by atoms with Crippen LogP contribution in [0.2, 0.25) is 5.02 Å². The van der Waals surface area contributed by atoms with Gasteiger partial charge in [0, 0.05) is 45.3 Å². The molecule has 1 fully saturated rings. The molecule has 4 rings (SSSR count). The van der Waals surface area contributed by atoms with Crippen LogP contribution in [0.15, 0.2) is 24.4 Å². The van der Waals surface area contributed by atoms with Crippen LogP contribution in [-0.2, 0) is 6.54 Å². The summed E-state index contributed by atoms with van der Waals surface area (Å²) in [4.78, 5) is 21.1. The molecule has 7 nitrogen and oxygen atoms in total. The summed E-state index contributed by atoms with van der Waals surface area (Å²) >= 11 is 6.30. The van der Waals surface area contributed by atoms with Gasteiger partial charge in [-0.05, 0) is 12.1 Å². The molecule has 1 amide bonds. The van der Waals surface area contributed by atoms with Gasteiger partial charge in [-0.3, -0.25) is 4.79 Å². The number of ether oxygens (including phenoxy) is 1. The molecular weight excluding hydrogens is 330 g/mol. The van der Waals surface area contributed by atoms with E-state index in [1.807, 2.05) is 18.2 Å². The summed E-state index contributed by atoms with van der Waals surface area (Å²) in [5.74, 6) is 1.32. The molecule has 0 N–H and O–H groups in total. The Labute approximate surface area is 144 Å². The van der Waals surface area contributed by atoms with E-state index in [9.17, 15) is 4.79 Å². The zero-order valence-corrected chi connectivity index (χ0v) is 13.9. The number of halogens is 1. The third kappa shape index (κ3) is 2.69. The van der Waals surface area contributed by atoms with E-state index < -0.39 is 0 Å². The first-order valence-electron chi connectivity index (χ1n) is 8.08. The Kier molecular flexibility index (Phi) is 4.02. The number of hydrogen-bond acceptors (Lipinski definition) is 5. The highest BCUT2D eigenvalue weighted by Crippen LogP contribution is 2.31. The average Bonchev–Trinajstić information content (AvgIpc) is 2.99. The Bertz CT molecular complexity index is 740. The molecule has 2 aliphatic rings. The monoisotopic (exact) mass is 347 g/mol. The first-order valence-corrected chi connectivity index (χ1v) is 8.46. The molecule has 2 aliphatic heterocycles. The van der Waals surface area contributed by atoms with Crippen LogP contribution in [0.25, 0.3) is 0 Å². The fraction of sp³-hybridized carbons (Fsp3) is 0.438. The summed E-state index contributed by atoms with van der Waals surface area (Å²) in [5, 5.41) is 4.67. The molecular formula is C16H18ClN5O2. The molecule has 4 heterocycles. The van der Waals surface area contributed by atoms with E-state index >= 15 is 0 Å². The number of carbonyl (C=O) groups excluding carboxylic acids is 1. The van der Waals surface area contributed by atoms with E-state index in [2.05, 4.69) is 15.0 Å². The number of piperazine rings is 1. The molecule has 0 atom stereocenters. The van der Waals surface area contributed by atoms with Crippen molar-refractivity contribution in [3.8, 4) is 5.88 Å². The number of amides is 1. The van der Waals surface area contributed by atoms with Gasteiger partial charge in [0.25, 0.3) is 5.91 Å². The molecule has 2 aromatic heterocycles. The zero-order chi connectivity index (χ0) is 16.5. The van der Waals surface area contributed by atoms with Crippen LogP contribution in [0.3, 0.4) is 0 Å². The summed E-state index contributed by atoms with van der Waals surface area (Å²) in [6, 6.07) is 5.85. The summed E-state index contributed by atoms with van der Waals surface area (Å²) in [6.45, 7) is 4.07. The van der Waals surface area contributed by atoms with Crippen molar-refractivity contribution in [1.82, 2.24) is 19.7 Å². The zero-order valence-electron chi connectivity index (χ0n) is 13.2. The number of rotatable bonds is 2. The molecule has 0 aliphatic carbocycles. The lowest BCUT2D eigenvalue weighted by Gasteiger charge is -2.35. The third-order valence-corrected chi connectivity index (χ3v) is 4.69. The lowest BCUT2D eigenvalue weighted by Crippen LogP contribution is -2.49. The predicted octanol–water partition coefficient (Wildman–Crippen LogP) is 1.68. The minimum Gasteiger partial charge on any atom is -0.477 e. The van der Waals surface area contributed by atoms with Crippen LogP contribution in [0.4, 0.5) is 5.82 Å². The van der Waals surface area contributed by atoms with Crippen molar-refractivity contribution < 1.29 is 9.53 Å². The summed E-state index contributed by atoms with van der Waals surface area (Å²) in [7, 11) is 0. The van der Waals surface area contributed by atoms with Gasteiger partial charge in [0.2, 0.25) is 5.88 Å². The molecule has 0 radical (unpaired) electrons. The minimum atomic E-state index is -0.133. The van der Waals surface area contributed by atoms with Crippen LogP contribution < -0.4 is 9.64 Å². The number of nitrogens with zero attached hydrogens (tertiary/aromatic N) is 5.